The smallest absolute Gasteiger partial charge is 0.410 e. The van der Waals surface area contributed by atoms with Crippen LogP contribution in [-0.4, -0.2) is 54.4 Å². The number of nitro groups is 1. The second kappa shape index (κ2) is 11.3. The van der Waals surface area contributed by atoms with Gasteiger partial charge in [-0.25, -0.2) is 14.6 Å². The van der Waals surface area contributed by atoms with Crippen molar-refractivity contribution in [3.05, 3.63) is 63.1 Å². The lowest BCUT2D eigenvalue weighted by Crippen LogP contribution is -2.34. The van der Waals surface area contributed by atoms with Gasteiger partial charge < -0.3 is 25.2 Å². The summed E-state index contributed by atoms with van der Waals surface area (Å²) >= 11 is 0. The summed E-state index contributed by atoms with van der Waals surface area (Å²) in [5.74, 6) is -1.27. The number of pyridine rings is 1. The minimum Gasteiger partial charge on any atom is -0.482 e. The normalized spacial score (nSPS) is 11.8. The third-order valence-corrected chi connectivity index (χ3v) is 5.71. The summed E-state index contributed by atoms with van der Waals surface area (Å²) in [6.07, 6.45) is -0.146. The molecule has 3 N–H and O–H groups in total. The molecule has 14 heteroatoms. The van der Waals surface area contributed by atoms with E-state index in [1.807, 2.05) is 0 Å². The van der Waals surface area contributed by atoms with Gasteiger partial charge in [0.1, 0.15) is 23.5 Å². The number of hydrogen-bond acceptors (Lipinski definition) is 10. The molecule has 210 valence electrons. The average molecular weight is 552 g/mol. The van der Waals surface area contributed by atoms with E-state index >= 15 is 0 Å². The van der Waals surface area contributed by atoms with Crippen LogP contribution in [0.3, 0.4) is 0 Å². The summed E-state index contributed by atoms with van der Waals surface area (Å²) in [6.45, 7) is 6.76. The number of aryl methyl sites for hydroxylation is 1. The molecule has 3 rings (SSSR count). The van der Waals surface area contributed by atoms with Crippen LogP contribution in [0.25, 0.3) is 11.1 Å². The van der Waals surface area contributed by atoms with Gasteiger partial charge in [-0.05, 0) is 39.8 Å². The molecule has 1 amide bonds. The van der Waals surface area contributed by atoms with Crippen molar-refractivity contribution in [3.63, 3.8) is 0 Å². The zero-order valence-corrected chi connectivity index (χ0v) is 22.8. The van der Waals surface area contributed by atoms with E-state index in [-0.39, 0.29) is 40.6 Å². The Kier molecular flexibility index (Phi) is 8.28. The number of aromatic carboxylic acids is 1. The number of nitriles is 1. The van der Waals surface area contributed by atoms with Crippen LogP contribution in [-0.2, 0) is 18.3 Å². The number of carboxylic acids is 1. The Balaban J connectivity index is 2.02. The first-order valence-corrected chi connectivity index (χ1v) is 12.0. The summed E-state index contributed by atoms with van der Waals surface area (Å²) in [5.41, 5.74) is 6.26. The van der Waals surface area contributed by atoms with Gasteiger partial charge in [-0.15, -0.1) is 0 Å². The van der Waals surface area contributed by atoms with Gasteiger partial charge in [-0.2, -0.15) is 10.4 Å². The summed E-state index contributed by atoms with van der Waals surface area (Å²) in [4.78, 5) is 40.4. The Morgan fingerprint density at radius 3 is 2.58 bits per heavy atom. The van der Waals surface area contributed by atoms with Crippen LogP contribution in [0.2, 0.25) is 0 Å². The molecule has 0 bridgehead atoms. The van der Waals surface area contributed by atoms with Crippen LogP contribution in [0.1, 0.15) is 61.1 Å². The summed E-state index contributed by atoms with van der Waals surface area (Å²) < 4.78 is 12.7. The standard InChI is InChI=1S/C26H29N7O7/c1-14(18-10-16(33(37)38)7-8-17(18)24(34)35)39-21-9-15(12-29-23(21)28)22-19(30-32(6)20(22)11-27)13-31(5)25(36)40-26(2,3)4/h7-10,12,14H,13H2,1-6H3,(H2,28,29)(H,34,35). The van der Waals surface area contributed by atoms with E-state index < -0.39 is 28.7 Å². The number of ether oxygens (including phenoxy) is 2. The quantitative estimate of drug-likeness (QED) is 0.302. The van der Waals surface area contributed by atoms with Crippen molar-refractivity contribution in [2.45, 2.75) is 45.9 Å². The third-order valence-electron chi connectivity index (χ3n) is 5.71. The lowest BCUT2D eigenvalue weighted by molar-refractivity contribution is -0.385. The fourth-order valence-electron chi connectivity index (χ4n) is 3.89. The lowest BCUT2D eigenvalue weighted by Gasteiger charge is -2.24. The molecule has 0 aliphatic heterocycles. The summed E-state index contributed by atoms with van der Waals surface area (Å²) in [7, 11) is 3.12. The predicted molar refractivity (Wildman–Crippen MR) is 142 cm³/mol. The van der Waals surface area contributed by atoms with Crippen molar-refractivity contribution in [1.29, 1.82) is 5.26 Å². The number of aromatic nitrogens is 3. The molecule has 0 fully saturated rings. The lowest BCUT2D eigenvalue weighted by atomic mass is 10.0. The van der Waals surface area contributed by atoms with E-state index in [1.165, 1.54) is 35.8 Å². The SMILES string of the molecule is CC(Oc1cc(-c2c(CN(C)C(=O)OC(C)(C)C)nn(C)c2C#N)cnc1N)c1cc([N+](=O)[O-])ccc1C(=O)O. The van der Waals surface area contributed by atoms with Crippen molar-refractivity contribution >= 4 is 23.6 Å². The molecule has 0 spiro atoms. The van der Waals surface area contributed by atoms with E-state index in [0.717, 1.165) is 18.2 Å². The maximum absolute atomic E-state index is 12.5. The highest BCUT2D eigenvalue weighted by atomic mass is 16.6. The van der Waals surface area contributed by atoms with Gasteiger partial charge in [-0.3, -0.25) is 14.8 Å². The van der Waals surface area contributed by atoms with Crippen molar-refractivity contribution in [1.82, 2.24) is 19.7 Å². The third kappa shape index (κ3) is 6.44. The minimum atomic E-state index is -1.28. The number of rotatable bonds is 8. The Bertz CT molecular complexity index is 1520. The molecular formula is C26H29N7O7. The second-order valence-electron chi connectivity index (χ2n) is 9.94. The maximum Gasteiger partial charge on any atom is 0.410 e. The molecule has 2 heterocycles. The summed E-state index contributed by atoms with van der Waals surface area (Å²) in [5, 5.41) is 35.1. The topological polar surface area (TPSA) is 200 Å². The van der Waals surface area contributed by atoms with Gasteiger partial charge >= 0.3 is 12.1 Å². The summed E-state index contributed by atoms with van der Waals surface area (Å²) in [6, 6.07) is 6.96. The highest BCUT2D eigenvalue weighted by Gasteiger charge is 2.26. The second-order valence-corrected chi connectivity index (χ2v) is 9.94. The van der Waals surface area contributed by atoms with Gasteiger partial charge in [0, 0.05) is 49.1 Å². The number of carbonyl (C=O) groups excluding carboxylic acids is 1. The van der Waals surface area contributed by atoms with E-state index in [0.29, 0.717) is 16.8 Å². The number of nitrogen functional groups attached to an aromatic ring is 1. The number of nitro benzene ring substituents is 1. The Hall–Kier alpha value is -5.19. The fourth-order valence-corrected chi connectivity index (χ4v) is 3.89. The Morgan fingerprint density at radius 2 is 2.00 bits per heavy atom. The highest BCUT2D eigenvalue weighted by molar-refractivity contribution is 5.90. The zero-order chi connectivity index (χ0) is 29.9. The molecule has 0 radical (unpaired) electrons. The number of hydrogen-bond donors (Lipinski definition) is 2. The van der Waals surface area contributed by atoms with E-state index in [4.69, 9.17) is 15.2 Å². The number of non-ortho nitro benzene ring substituents is 1. The molecule has 1 unspecified atom stereocenters. The number of benzene rings is 1. The van der Waals surface area contributed by atoms with E-state index in [2.05, 4.69) is 16.2 Å². The first-order chi connectivity index (χ1) is 18.6. The van der Waals surface area contributed by atoms with Crippen LogP contribution < -0.4 is 10.5 Å². The molecule has 40 heavy (non-hydrogen) atoms. The number of amides is 1. The molecule has 1 atom stereocenters. The molecule has 3 aromatic rings. The molecule has 1 aromatic carbocycles. The number of carbonyl (C=O) groups is 2. The van der Waals surface area contributed by atoms with Crippen molar-refractivity contribution in [2.24, 2.45) is 7.05 Å². The van der Waals surface area contributed by atoms with Crippen LogP contribution >= 0.6 is 0 Å². The predicted octanol–water partition coefficient (Wildman–Crippen LogP) is 4.05. The molecule has 14 nitrogen and oxygen atoms in total. The zero-order valence-electron chi connectivity index (χ0n) is 22.8. The Labute approximate surface area is 229 Å². The molecule has 0 saturated heterocycles. The van der Waals surface area contributed by atoms with Crippen molar-refractivity contribution in [3.8, 4) is 22.9 Å². The largest absolute Gasteiger partial charge is 0.482 e. The maximum atomic E-state index is 12.5. The monoisotopic (exact) mass is 551 g/mol. The van der Waals surface area contributed by atoms with Crippen LogP contribution in [0.4, 0.5) is 16.3 Å². The number of nitrogens with zero attached hydrogens (tertiary/aromatic N) is 6. The van der Waals surface area contributed by atoms with Gasteiger partial charge in [0.2, 0.25) is 0 Å². The van der Waals surface area contributed by atoms with Crippen LogP contribution in [0, 0.1) is 21.4 Å². The Morgan fingerprint density at radius 1 is 1.32 bits per heavy atom. The van der Waals surface area contributed by atoms with Gasteiger partial charge in [-0.1, -0.05) is 0 Å². The number of anilines is 1. The molecule has 0 aliphatic carbocycles. The first kappa shape index (κ1) is 29.4. The van der Waals surface area contributed by atoms with E-state index in [9.17, 15) is 30.1 Å². The molecule has 2 aromatic heterocycles. The van der Waals surface area contributed by atoms with Gasteiger partial charge in [0.25, 0.3) is 5.69 Å². The van der Waals surface area contributed by atoms with E-state index in [1.54, 1.807) is 27.8 Å². The number of nitrogens with two attached hydrogens (primary N) is 1. The average Bonchev–Trinajstić information content (AvgIpc) is 3.18. The minimum absolute atomic E-state index is 0.00634. The van der Waals surface area contributed by atoms with Gasteiger partial charge in [0.05, 0.1) is 22.7 Å². The fraction of sp³-hybridized carbons (Fsp3) is 0.346. The van der Waals surface area contributed by atoms with Gasteiger partial charge in [0.15, 0.2) is 11.6 Å². The highest BCUT2D eigenvalue weighted by Crippen LogP contribution is 2.35. The van der Waals surface area contributed by atoms with Crippen LogP contribution in [0.5, 0.6) is 5.75 Å². The molecular weight excluding hydrogens is 522 g/mol. The molecule has 0 saturated carbocycles. The molecule has 0 aliphatic rings. The van der Waals surface area contributed by atoms with Crippen molar-refractivity contribution in [2.75, 3.05) is 12.8 Å². The van der Waals surface area contributed by atoms with Crippen molar-refractivity contribution < 1.29 is 29.1 Å². The van der Waals surface area contributed by atoms with Crippen LogP contribution in [0.15, 0.2) is 30.5 Å². The first-order valence-electron chi connectivity index (χ1n) is 12.0. The number of carboxylic acid groups (broad SMARTS) is 1.